The van der Waals surface area contributed by atoms with Crippen LogP contribution in [-0.2, 0) is 12.3 Å². The molecule has 0 saturated heterocycles. The summed E-state index contributed by atoms with van der Waals surface area (Å²) in [6.07, 6.45) is 1.12. The molecule has 19 heavy (non-hydrogen) atoms. The smallest absolute Gasteiger partial charge is 0.284 e. The number of hydrogen-bond donors (Lipinski definition) is 1. The summed E-state index contributed by atoms with van der Waals surface area (Å²) in [5.41, 5.74) is 0. The van der Waals surface area contributed by atoms with Crippen LogP contribution in [-0.4, -0.2) is 23.3 Å². The quantitative estimate of drug-likeness (QED) is 0.649. The van der Waals surface area contributed by atoms with E-state index in [-0.39, 0.29) is 5.75 Å². The molecule has 0 amide bonds. The highest BCUT2D eigenvalue weighted by atomic mass is 32.2. The van der Waals surface area contributed by atoms with E-state index in [0.29, 0.717) is 30.1 Å². The van der Waals surface area contributed by atoms with Gasteiger partial charge in [0.15, 0.2) is 0 Å². The second-order valence-corrected chi connectivity index (χ2v) is 6.58. The van der Waals surface area contributed by atoms with Crippen LogP contribution in [0, 0.1) is 0 Å². The number of hydrogen-bond acceptors (Lipinski definition) is 4. The van der Waals surface area contributed by atoms with Crippen molar-refractivity contribution in [1.29, 1.82) is 0 Å². The highest BCUT2D eigenvalue weighted by molar-refractivity contribution is 7.99. The van der Waals surface area contributed by atoms with Crippen LogP contribution in [0.15, 0.2) is 16.5 Å². The minimum Gasteiger partial charge on any atom is -0.464 e. The Morgan fingerprint density at radius 1 is 1.32 bits per heavy atom. The van der Waals surface area contributed by atoms with Gasteiger partial charge in [-0.25, -0.2) is 0 Å². The highest BCUT2D eigenvalue weighted by Crippen LogP contribution is 2.21. The van der Waals surface area contributed by atoms with Gasteiger partial charge in [0, 0.05) is 6.04 Å². The minimum atomic E-state index is -2.34. The Morgan fingerprint density at radius 2 is 2.05 bits per heavy atom. The third-order valence-corrected chi connectivity index (χ3v) is 4.23. The summed E-state index contributed by atoms with van der Waals surface area (Å²) >= 11 is 2.52. The average Bonchev–Trinajstić information content (AvgIpc) is 2.82. The molecule has 110 valence electrons. The van der Waals surface area contributed by atoms with Crippen LogP contribution in [0.1, 0.15) is 31.8 Å². The van der Waals surface area contributed by atoms with E-state index in [1.807, 2.05) is 17.8 Å². The molecule has 1 aromatic heterocycles. The molecule has 1 unspecified atom stereocenters. The normalized spacial score (nSPS) is 13.1. The first-order chi connectivity index (χ1) is 9.11. The lowest BCUT2D eigenvalue weighted by Crippen LogP contribution is -2.25. The maximum Gasteiger partial charge on any atom is 0.284 e. The molecule has 0 bridgehead atoms. The zero-order valence-corrected chi connectivity index (χ0v) is 13.0. The van der Waals surface area contributed by atoms with E-state index in [9.17, 15) is 8.78 Å². The van der Waals surface area contributed by atoms with Gasteiger partial charge in [0.2, 0.25) is 0 Å². The lowest BCUT2D eigenvalue weighted by Gasteiger charge is -2.11. The third-order valence-electron chi connectivity index (χ3n) is 2.59. The Bertz CT molecular complexity index is 347. The van der Waals surface area contributed by atoms with Gasteiger partial charge in [0.1, 0.15) is 11.5 Å². The second kappa shape index (κ2) is 9.66. The van der Waals surface area contributed by atoms with Crippen LogP contribution in [0.25, 0.3) is 0 Å². The lowest BCUT2D eigenvalue weighted by atomic mass is 10.2. The van der Waals surface area contributed by atoms with E-state index >= 15 is 0 Å². The summed E-state index contributed by atoms with van der Waals surface area (Å²) in [4.78, 5) is 0. The van der Waals surface area contributed by atoms with Gasteiger partial charge in [-0.15, -0.1) is 0 Å². The van der Waals surface area contributed by atoms with E-state index in [4.69, 9.17) is 4.42 Å². The summed E-state index contributed by atoms with van der Waals surface area (Å²) in [6.45, 7) is 4.95. The first-order valence-electron chi connectivity index (χ1n) is 6.40. The molecule has 0 aliphatic rings. The molecule has 0 aliphatic heterocycles. The monoisotopic (exact) mass is 309 g/mol. The van der Waals surface area contributed by atoms with Crippen LogP contribution >= 0.6 is 23.5 Å². The lowest BCUT2D eigenvalue weighted by molar-refractivity contribution is 0.251. The fourth-order valence-electron chi connectivity index (χ4n) is 1.52. The van der Waals surface area contributed by atoms with E-state index in [1.165, 1.54) is 0 Å². The Balaban J connectivity index is 2.22. The largest absolute Gasteiger partial charge is 0.464 e. The fraction of sp³-hybridized carbons (Fsp3) is 0.692. The molecule has 1 atom stereocenters. The topological polar surface area (TPSA) is 25.2 Å². The number of rotatable bonds is 10. The molecule has 1 aromatic rings. The summed E-state index contributed by atoms with van der Waals surface area (Å²) < 4.78 is 29.6. The van der Waals surface area contributed by atoms with E-state index in [1.54, 1.807) is 6.07 Å². The second-order valence-electron chi connectivity index (χ2n) is 4.21. The van der Waals surface area contributed by atoms with E-state index < -0.39 is 5.76 Å². The van der Waals surface area contributed by atoms with E-state index in [2.05, 4.69) is 19.2 Å². The summed E-state index contributed by atoms with van der Waals surface area (Å²) in [5.74, 6) is 1.59. The Kier molecular flexibility index (Phi) is 8.57. The zero-order chi connectivity index (χ0) is 14.1. The molecule has 6 heteroatoms. The molecule has 0 spiro atoms. The zero-order valence-electron chi connectivity index (χ0n) is 11.3. The molecule has 0 fully saturated rings. The number of alkyl halides is 2. The van der Waals surface area contributed by atoms with Crippen molar-refractivity contribution in [2.45, 2.75) is 44.4 Å². The molecule has 2 nitrogen and oxygen atoms in total. The van der Waals surface area contributed by atoms with Crippen molar-refractivity contribution < 1.29 is 13.2 Å². The fourth-order valence-corrected chi connectivity index (χ4v) is 2.78. The molecule has 0 radical (unpaired) electrons. The third kappa shape index (κ3) is 7.84. The van der Waals surface area contributed by atoms with Crippen LogP contribution in [0.2, 0.25) is 0 Å². The molecule has 0 saturated carbocycles. The van der Waals surface area contributed by atoms with Gasteiger partial charge in [-0.1, -0.05) is 18.7 Å². The van der Waals surface area contributed by atoms with Crippen LogP contribution in [0.4, 0.5) is 8.78 Å². The van der Waals surface area contributed by atoms with Gasteiger partial charge in [0.25, 0.3) is 5.76 Å². The average molecular weight is 309 g/mol. The number of nitrogens with one attached hydrogen (secondary N) is 1. The summed E-state index contributed by atoms with van der Waals surface area (Å²) in [6, 6.07) is 4.05. The molecule has 1 rings (SSSR count). The molecule has 0 aromatic carbocycles. The van der Waals surface area contributed by atoms with Crippen LogP contribution < -0.4 is 5.32 Å². The van der Waals surface area contributed by atoms with Crippen molar-refractivity contribution in [3.05, 3.63) is 23.7 Å². The Morgan fingerprint density at radius 3 is 2.74 bits per heavy atom. The van der Waals surface area contributed by atoms with Gasteiger partial charge >= 0.3 is 0 Å². The molecule has 1 heterocycles. The molecular weight excluding hydrogens is 288 g/mol. The Hall–Kier alpha value is -0.200. The van der Waals surface area contributed by atoms with Gasteiger partial charge in [-0.2, -0.15) is 20.5 Å². The first-order valence-corrected chi connectivity index (χ1v) is 8.60. The summed E-state index contributed by atoms with van der Waals surface area (Å²) in [5, 5.41) is 3.37. The molecule has 1 N–H and O–H groups in total. The van der Waals surface area contributed by atoms with Gasteiger partial charge < -0.3 is 9.73 Å². The van der Waals surface area contributed by atoms with Crippen molar-refractivity contribution in [3.63, 3.8) is 0 Å². The van der Waals surface area contributed by atoms with Gasteiger partial charge in [0.05, 0.1) is 12.3 Å². The SMILES string of the molecule is CCSCCC(C)NCc1ccc(CSC(F)F)o1. The number of halogens is 2. The number of thioether (sulfide) groups is 2. The minimum absolute atomic E-state index is 0.223. The molecule has 0 aliphatic carbocycles. The number of furan rings is 1. The van der Waals surface area contributed by atoms with Gasteiger partial charge in [-0.3, -0.25) is 0 Å². The van der Waals surface area contributed by atoms with Crippen molar-refractivity contribution in [3.8, 4) is 0 Å². The van der Waals surface area contributed by atoms with Crippen molar-refractivity contribution in [1.82, 2.24) is 5.32 Å². The predicted molar refractivity (Wildman–Crippen MR) is 79.9 cm³/mol. The Labute approximate surface area is 122 Å². The first kappa shape index (κ1) is 16.9. The molecular formula is C13H21F2NOS2. The van der Waals surface area contributed by atoms with Gasteiger partial charge in [-0.05, 0) is 37.0 Å². The van der Waals surface area contributed by atoms with Crippen molar-refractivity contribution in [2.24, 2.45) is 0 Å². The van der Waals surface area contributed by atoms with E-state index in [0.717, 1.165) is 23.7 Å². The van der Waals surface area contributed by atoms with Crippen LogP contribution in [0.3, 0.4) is 0 Å². The van der Waals surface area contributed by atoms with Crippen molar-refractivity contribution >= 4 is 23.5 Å². The van der Waals surface area contributed by atoms with Crippen molar-refractivity contribution in [2.75, 3.05) is 11.5 Å². The maximum absolute atomic E-state index is 12.0. The maximum atomic E-state index is 12.0. The predicted octanol–water partition coefficient (Wildman–Crippen LogP) is 4.36. The highest BCUT2D eigenvalue weighted by Gasteiger charge is 2.08. The summed E-state index contributed by atoms with van der Waals surface area (Å²) in [7, 11) is 0. The standard InChI is InChI=1S/C13H21F2NOS2/c1-3-18-7-6-10(2)16-8-11-4-5-12(17-11)9-19-13(14)15/h4-5,10,13,16H,3,6-9H2,1-2H3. The van der Waals surface area contributed by atoms with Crippen LogP contribution in [0.5, 0.6) is 0 Å².